The molecule has 3 atom stereocenters. The van der Waals surface area contributed by atoms with Gasteiger partial charge < -0.3 is 4.74 Å². The Bertz CT molecular complexity index is 747. The van der Waals surface area contributed by atoms with Gasteiger partial charge >= 0.3 is 5.97 Å². The fourth-order valence-corrected chi connectivity index (χ4v) is 4.10. The van der Waals surface area contributed by atoms with Crippen molar-refractivity contribution in [2.75, 3.05) is 0 Å². The van der Waals surface area contributed by atoms with Crippen LogP contribution in [0.1, 0.15) is 50.4 Å². The summed E-state index contributed by atoms with van der Waals surface area (Å²) in [6.45, 7) is 8.54. The molecule has 1 aliphatic carbocycles. The molecule has 140 valence electrons. The number of hydrogen-bond donors (Lipinski definition) is 1. The molecular formula is C20H26ClN3O2. The first-order valence-corrected chi connectivity index (χ1v) is 9.62. The van der Waals surface area contributed by atoms with E-state index in [4.69, 9.17) is 16.3 Å². The molecule has 6 heteroatoms. The highest BCUT2D eigenvalue weighted by atomic mass is 35.5. The number of rotatable bonds is 4. The van der Waals surface area contributed by atoms with Crippen molar-refractivity contribution in [1.82, 2.24) is 15.2 Å². The molecule has 0 saturated heterocycles. The lowest BCUT2D eigenvalue weighted by molar-refractivity contribution is -0.157. The molecule has 1 aromatic carbocycles. The number of benzene rings is 1. The zero-order chi connectivity index (χ0) is 18.8. The van der Waals surface area contributed by atoms with Crippen LogP contribution in [0.25, 0.3) is 11.4 Å². The van der Waals surface area contributed by atoms with E-state index in [0.29, 0.717) is 29.4 Å². The van der Waals surface area contributed by atoms with Crippen LogP contribution in [-0.4, -0.2) is 27.3 Å². The Labute approximate surface area is 159 Å². The summed E-state index contributed by atoms with van der Waals surface area (Å²) in [7, 11) is 0. The maximum absolute atomic E-state index is 12.5. The number of carbonyl (C=O) groups excluding carboxylic acids is 1. The number of esters is 1. The monoisotopic (exact) mass is 375 g/mol. The molecule has 1 fully saturated rings. The van der Waals surface area contributed by atoms with Gasteiger partial charge in [-0.05, 0) is 37.5 Å². The van der Waals surface area contributed by atoms with Crippen LogP contribution in [0.5, 0.6) is 0 Å². The van der Waals surface area contributed by atoms with E-state index >= 15 is 0 Å². The van der Waals surface area contributed by atoms with Crippen LogP contribution in [0.3, 0.4) is 0 Å². The molecule has 3 unspecified atom stereocenters. The zero-order valence-corrected chi connectivity index (χ0v) is 16.5. The average Bonchev–Trinajstić information content (AvgIpc) is 3.07. The van der Waals surface area contributed by atoms with Gasteiger partial charge in [0.1, 0.15) is 6.10 Å². The summed E-state index contributed by atoms with van der Waals surface area (Å²) in [4.78, 5) is 16.9. The van der Waals surface area contributed by atoms with E-state index in [2.05, 4.69) is 36.0 Å². The molecule has 5 nitrogen and oxygen atoms in total. The molecular weight excluding hydrogens is 350 g/mol. The normalized spacial score (nSPS) is 27.1. The zero-order valence-electron chi connectivity index (χ0n) is 15.7. The van der Waals surface area contributed by atoms with E-state index in [1.54, 1.807) is 0 Å². The van der Waals surface area contributed by atoms with Crippen molar-refractivity contribution >= 4 is 17.6 Å². The van der Waals surface area contributed by atoms with Gasteiger partial charge in [-0.3, -0.25) is 5.10 Å². The second-order valence-electron chi connectivity index (χ2n) is 7.71. The maximum atomic E-state index is 12.5. The van der Waals surface area contributed by atoms with Gasteiger partial charge in [-0.15, -0.1) is 11.6 Å². The van der Waals surface area contributed by atoms with Crippen molar-refractivity contribution in [3.8, 4) is 11.4 Å². The largest absolute Gasteiger partial charge is 0.460 e. The fraction of sp³-hybridized carbons (Fsp3) is 0.550. The standard InChI is InChI=1S/C20H26ClN3O2/c1-11-5-7-15(8-6-11)18-22-19(24-23-18)16(21)20(25)26-17-13(3)9-12(2)10-14(17)4/h5-8,12-14,16-17H,9-10H2,1-4H3,(H,22,23,24). The Hall–Kier alpha value is -1.88. The SMILES string of the molecule is Cc1ccc(-c2n[nH]c(C(Cl)C(=O)OC3C(C)CC(C)CC3C)n2)cc1. The number of ether oxygens (including phenoxy) is 1. The Morgan fingerprint density at radius 2 is 1.81 bits per heavy atom. The summed E-state index contributed by atoms with van der Waals surface area (Å²) in [5.74, 6) is 1.70. The first-order valence-electron chi connectivity index (χ1n) is 9.19. The maximum Gasteiger partial charge on any atom is 0.332 e. The molecule has 2 aromatic rings. The number of alkyl halides is 1. The van der Waals surface area contributed by atoms with Gasteiger partial charge in [0, 0.05) is 5.56 Å². The van der Waals surface area contributed by atoms with E-state index in [0.717, 1.165) is 24.0 Å². The number of carbonyl (C=O) groups is 1. The van der Waals surface area contributed by atoms with Crippen molar-refractivity contribution in [2.45, 2.75) is 52.0 Å². The van der Waals surface area contributed by atoms with Crippen LogP contribution < -0.4 is 0 Å². The van der Waals surface area contributed by atoms with Gasteiger partial charge in [-0.25, -0.2) is 9.78 Å². The van der Waals surface area contributed by atoms with Crippen LogP contribution in [-0.2, 0) is 9.53 Å². The predicted molar refractivity (Wildman–Crippen MR) is 102 cm³/mol. The first-order chi connectivity index (χ1) is 12.3. The quantitative estimate of drug-likeness (QED) is 0.622. The molecule has 3 rings (SSSR count). The lowest BCUT2D eigenvalue weighted by atomic mass is 9.75. The number of hydrogen-bond acceptors (Lipinski definition) is 4. The van der Waals surface area contributed by atoms with E-state index < -0.39 is 11.3 Å². The molecule has 1 heterocycles. The second kappa shape index (κ2) is 7.78. The first kappa shape index (κ1) is 18.9. The number of halogens is 1. The minimum absolute atomic E-state index is 0.0977. The summed E-state index contributed by atoms with van der Waals surface area (Å²) >= 11 is 6.32. The lowest BCUT2D eigenvalue weighted by Crippen LogP contribution is -2.38. The van der Waals surface area contributed by atoms with Crippen LogP contribution in [0.4, 0.5) is 0 Å². The Kier molecular flexibility index (Phi) is 5.66. The minimum atomic E-state index is -0.986. The van der Waals surface area contributed by atoms with Gasteiger partial charge in [-0.1, -0.05) is 50.6 Å². The van der Waals surface area contributed by atoms with E-state index in [-0.39, 0.29) is 6.10 Å². The van der Waals surface area contributed by atoms with Crippen molar-refractivity contribution in [2.24, 2.45) is 17.8 Å². The Morgan fingerprint density at radius 1 is 1.19 bits per heavy atom. The molecule has 1 aliphatic rings. The number of nitrogens with zero attached hydrogens (tertiary/aromatic N) is 2. The van der Waals surface area contributed by atoms with Crippen LogP contribution in [0, 0.1) is 24.7 Å². The van der Waals surface area contributed by atoms with Crippen LogP contribution in [0.2, 0.25) is 0 Å². The molecule has 26 heavy (non-hydrogen) atoms. The van der Waals surface area contributed by atoms with E-state index in [9.17, 15) is 4.79 Å². The van der Waals surface area contributed by atoms with Gasteiger partial charge in [0.25, 0.3) is 0 Å². The smallest absolute Gasteiger partial charge is 0.332 e. The van der Waals surface area contributed by atoms with E-state index in [1.807, 2.05) is 31.2 Å². The number of aryl methyl sites for hydroxylation is 1. The summed E-state index contributed by atoms with van der Waals surface area (Å²) in [5, 5.41) is 5.96. The number of H-pyrrole nitrogens is 1. The summed E-state index contributed by atoms with van der Waals surface area (Å²) < 4.78 is 5.75. The minimum Gasteiger partial charge on any atom is -0.460 e. The van der Waals surface area contributed by atoms with Crippen molar-refractivity contribution in [1.29, 1.82) is 0 Å². The highest BCUT2D eigenvalue weighted by Gasteiger charge is 2.36. The molecule has 1 saturated carbocycles. The molecule has 0 bridgehead atoms. The third-order valence-corrected chi connectivity index (χ3v) is 5.57. The number of aromatic amines is 1. The third-order valence-electron chi connectivity index (χ3n) is 5.18. The molecule has 0 radical (unpaired) electrons. The van der Waals surface area contributed by atoms with E-state index in [1.165, 1.54) is 0 Å². The molecule has 0 spiro atoms. The van der Waals surface area contributed by atoms with Gasteiger partial charge in [0.05, 0.1) is 0 Å². The predicted octanol–water partition coefficient (Wildman–Crippen LogP) is 4.67. The topological polar surface area (TPSA) is 67.9 Å². The van der Waals surface area contributed by atoms with Gasteiger partial charge in [0.2, 0.25) is 0 Å². The summed E-state index contributed by atoms with van der Waals surface area (Å²) in [6.07, 6.45) is 2.03. The fourth-order valence-electron chi connectivity index (χ4n) is 3.95. The highest BCUT2D eigenvalue weighted by Crippen LogP contribution is 2.36. The van der Waals surface area contributed by atoms with Crippen LogP contribution >= 0.6 is 11.6 Å². The van der Waals surface area contributed by atoms with Crippen molar-refractivity contribution < 1.29 is 9.53 Å². The van der Waals surface area contributed by atoms with Crippen molar-refractivity contribution in [3.63, 3.8) is 0 Å². The number of aromatic nitrogens is 3. The molecule has 1 aromatic heterocycles. The average molecular weight is 376 g/mol. The second-order valence-corrected chi connectivity index (χ2v) is 8.14. The lowest BCUT2D eigenvalue weighted by Gasteiger charge is -2.37. The van der Waals surface area contributed by atoms with Crippen LogP contribution in [0.15, 0.2) is 24.3 Å². The van der Waals surface area contributed by atoms with Gasteiger partial charge in [0.15, 0.2) is 17.0 Å². The van der Waals surface area contributed by atoms with Crippen molar-refractivity contribution in [3.05, 3.63) is 35.7 Å². The number of nitrogens with one attached hydrogen (secondary N) is 1. The van der Waals surface area contributed by atoms with Gasteiger partial charge in [-0.2, -0.15) is 5.10 Å². The highest BCUT2D eigenvalue weighted by molar-refractivity contribution is 6.29. The molecule has 1 N–H and O–H groups in total. The summed E-state index contributed by atoms with van der Waals surface area (Å²) in [6, 6.07) is 7.86. The Balaban J connectivity index is 1.68. The Morgan fingerprint density at radius 3 is 2.42 bits per heavy atom. The molecule has 0 aliphatic heterocycles. The summed E-state index contributed by atoms with van der Waals surface area (Å²) in [5.41, 5.74) is 2.03. The third kappa shape index (κ3) is 4.09. The molecule has 0 amide bonds.